The molecule has 0 amide bonds. The average Bonchev–Trinajstić information content (AvgIpc) is 2.67. The van der Waals surface area contributed by atoms with Crippen LogP contribution in [-0.4, -0.2) is 19.4 Å². The molecule has 3 rings (SSSR count). The van der Waals surface area contributed by atoms with Gasteiger partial charge in [0.2, 0.25) is 0 Å². The zero-order chi connectivity index (χ0) is 11.8. The first-order valence-electron chi connectivity index (χ1n) is 6.03. The fourth-order valence-electron chi connectivity index (χ4n) is 2.71. The van der Waals surface area contributed by atoms with Crippen LogP contribution in [-0.2, 0) is 12.2 Å². The van der Waals surface area contributed by atoms with Gasteiger partial charge in [-0.25, -0.2) is 0 Å². The number of rotatable bonds is 1. The van der Waals surface area contributed by atoms with E-state index < -0.39 is 0 Å². The maximum atomic E-state index is 6.47. The van der Waals surface area contributed by atoms with E-state index in [2.05, 4.69) is 11.4 Å². The average molecular weight is 270 g/mol. The number of nitrogens with one attached hydrogen (secondary N) is 1. The van der Waals surface area contributed by atoms with E-state index in [1.165, 1.54) is 22.4 Å². The second kappa shape index (κ2) is 4.71. The number of benzene rings is 1. The van der Waals surface area contributed by atoms with Gasteiger partial charge in [0.05, 0.1) is 6.61 Å². The van der Waals surface area contributed by atoms with Crippen molar-refractivity contribution in [2.45, 2.75) is 24.6 Å². The third kappa shape index (κ3) is 1.94. The van der Waals surface area contributed by atoms with Crippen molar-refractivity contribution in [1.29, 1.82) is 0 Å². The Morgan fingerprint density at radius 3 is 3.24 bits per heavy atom. The summed E-state index contributed by atoms with van der Waals surface area (Å²) in [6.45, 7) is 0.803. The largest absolute Gasteiger partial charge is 0.493 e. The third-order valence-corrected chi connectivity index (χ3v) is 4.89. The molecule has 92 valence electrons. The summed E-state index contributed by atoms with van der Waals surface area (Å²) in [5, 5.41) is 4.29. The van der Waals surface area contributed by atoms with Gasteiger partial charge in [-0.3, -0.25) is 0 Å². The maximum absolute atomic E-state index is 6.47. The van der Waals surface area contributed by atoms with Crippen LogP contribution in [0.15, 0.2) is 6.07 Å². The second-order valence-corrected chi connectivity index (χ2v) is 6.03. The number of fused-ring (bicyclic) bond motifs is 3. The van der Waals surface area contributed by atoms with E-state index in [4.69, 9.17) is 16.3 Å². The smallest absolute Gasteiger partial charge is 0.127 e. The second-order valence-electron chi connectivity index (χ2n) is 4.52. The number of hydrogen-bond acceptors (Lipinski definition) is 3. The Hall–Kier alpha value is -0.380. The number of halogens is 1. The maximum Gasteiger partial charge on any atom is 0.127 e. The molecule has 1 atom stereocenters. The van der Waals surface area contributed by atoms with Crippen LogP contribution in [0.25, 0.3) is 0 Å². The Morgan fingerprint density at radius 2 is 2.41 bits per heavy atom. The lowest BCUT2D eigenvalue weighted by atomic mass is 9.96. The Bertz CT molecular complexity index is 450. The molecule has 1 aromatic rings. The molecule has 17 heavy (non-hydrogen) atoms. The minimum Gasteiger partial charge on any atom is -0.493 e. The minimum atomic E-state index is 0.363. The van der Waals surface area contributed by atoms with E-state index in [9.17, 15) is 0 Å². The summed E-state index contributed by atoms with van der Waals surface area (Å²) in [5.74, 6) is 3.31. The SMILES string of the molecule is CNC1CCSCc2c3c(cc(Cl)c21)CCO3. The van der Waals surface area contributed by atoms with Gasteiger partial charge in [-0.2, -0.15) is 11.8 Å². The molecule has 1 aromatic carbocycles. The molecule has 2 aliphatic rings. The van der Waals surface area contributed by atoms with Gasteiger partial charge < -0.3 is 10.1 Å². The Morgan fingerprint density at radius 1 is 1.53 bits per heavy atom. The predicted molar refractivity (Wildman–Crippen MR) is 73.2 cm³/mol. The van der Waals surface area contributed by atoms with Crippen LogP contribution < -0.4 is 10.1 Å². The quantitative estimate of drug-likeness (QED) is 0.846. The Labute approximate surface area is 111 Å². The van der Waals surface area contributed by atoms with Crippen LogP contribution in [0.2, 0.25) is 5.02 Å². The summed E-state index contributed by atoms with van der Waals surface area (Å²) in [7, 11) is 2.01. The molecule has 4 heteroatoms. The van der Waals surface area contributed by atoms with Gasteiger partial charge in [-0.15, -0.1) is 0 Å². The van der Waals surface area contributed by atoms with Crippen molar-refractivity contribution >= 4 is 23.4 Å². The number of hydrogen-bond donors (Lipinski definition) is 1. The first kappa shape index (κ1) is 11.7. The lowest BCUT2D eigenvalue weighted by Crippen LogP contribution is -2.18. The molecule has 0 saturated carbocycles. The molecule has 0 radical (unpaired) electrons. The highest BCUT2D eigenvalue weighted by atomic mass is 35.5. The summed E-state index contributed by atoms with van der Waals surface area (Å²) in [6.07, 6.45) is 2.13. The highest BCUT2D eigenvalue weighted by Gasteiger charge is 2.27. The normalized spacial score (nSPS) is 22.6. The standard InChI is InChI=1S/C13H16ClNOS/c1-15-11-3-5-17-7-9-12(11)10(14)6-8-2-4-16-13(8)9/h6,11,15H,2-5,7H2,1H3. The topological polar surface area (TPSA) is 21.3 Å². The summed E-state index contributed by atoms with van der Waals surface area (Å²) >= 11 is 8.44. The van der Waals surface area contributed by atoms with Crippen molar-refractivity contribution in [2.75, 3.05) is 19.4 Å². The van der Waals surface area contributed by atoms with Crippen LogP contribution in [0.4, 0.5) is 0 Å². The molecule has 0 aromatic heterocycles. The van der Waals surface area contributed by atoms with Gasteiger partial charge in [0.1, 0.15) is 5.75 Å². The van der Waals surface area contributed by atoms with Gasteiger partial charge in [0, 0.05) is 28.8 Å². The first-order chi connectivity index (χ1) is 8.31. The molecular weight excluding hydrogens is 254 g/mol. The summed E-state index contributed by atoms with van der Waals surface area (Å²) in [5.41, 5.74) is 3.87. The van der Waals surface area contributed by atoms with Crippen molar-refractivity contribution in [3.63, 3.8) is 0 Å². The molecule has 1 unspecified atom stereocenters. The zero-order valence-electron chi connectivity index (χ0n) is 9.88. The van der Waals surface area contributed by atoms with E-state index in [0.29, 0.717) is 6.04 Å². The molecule has 0 bridgehead atoms. The Kier molecular flexibility index (Phi) is 3.24. The summed E-state index contributed by atoms with van der Waals surface area (Å²) < 4.78 is 5.80. The van der Waals surface area contributed by atoms with E-state index in [0.717, 1.165) is 36.0 Å². The first-order valence-corrected chi connectivity index (χ1v) is 7.56. The molecule has 0 saturated heterocycles. The fraction of sp³-hybridized carbons (Fsp3) is 0.538. The molecule has 0 fully saturated rings. The lowest BCUT2D eigenvalue weighted by molar-refractivity contribution is 0.353. The Balaban J connectivity index is 2.18. The zero-order valence-corrected chi connectivity index (χ0v) is 11.5. The molecule has 1 N–H and O–H groups in total. The van der Waals surface area contributed by atoms with Crippen molar-refractivity contribution < 1.29 is 4.74 Å². The van der Waals surface area contributed by atoms with E-state index in [-0.39, 0.29) is 0 Å². The van der Waals surface area contributed by atoms with Crippen LogP contribution in [0.5, 0.6) is 5.75 Å². The van der Waals surface area contributed by atoms with Gasteiger partial charge >= 0.3 is 0 Å². The highest BCUT2D eigenvalue weighted by molar-refractivity contribution is 7.98. The van der Waals surface area contributed by atoms with E-state index >= 15 is 0 Å². The molecule has 2 nitrogen and oxygen atoms in total. The van der Waals surface area contributed by atoms with Crippen molar-refractivity contribution in [1.82, 2.24) is 5.32 Å². The highest BCUT2D eigenvalue weighted by Crippen LogP contribution is 2.43. The monoisotopic (exact) mass is 269 g/mol. The van der Waals surface area contributed by atoms with Crippen molar-refractivity contribution in [2.24, 2.45) is 0 Å². The van der Waals surface area contributed by atoms with Gasteiger partial charge in [-0.1, -0.05) is 11.6 Å². The van der Waals surface area contributed by atoms with Gasteiger partial charge in [0.15, 0.2) is 0 Å². The van der Waals surface area contributed by atoms with Crippen LogP contribution in [0.3, 0.4) is 0 Å². The lowest BCUT2D eigenvalue weighted by Gasteiger charge is -2.20. The van der Waals surface area contributed by atoms with Crippen LogP contribution >= 0.6 is 23.4 Å². The van der Waals surface area contributed by atoms with E-state index in [1.807, 2.05) is 18.8 Å². The molecule has 0 aliphatic carbocycles. The molecule has 0 spiro atoms. The summed E-state index contributed by atoms with van der Waals surface area (Å²) in [6, 6.07) is 2.46. The molecular formula is C13H16ClNOS. The van der Waals surface area contributed by atoms with E-state index in [1.54, 1.807) is 0 Å². The van der Waals surface area contributed by atoms with Crippen molar-refractivity contribution in [3.8, 4) is 5.75 Å². The molecule has 2 aliphatic heterocycles. The van der Waals surface area contributed by atoms with Crippen molar-refractivity contribution in [3.05, 3.63) is 27.8 Å². The summed E-state index contributed by atoms with van der Waals surface area (Å²) in [4.78, 5) is 0. The number of ether oxygens (including phenoxy) is 1. The van der Waals surface area contributed by atoms with Crippen LogP contribution in [0, 0.1) is 0 Å². The predicted octanol–water partition coefficient (Wildman–Crippen LogP) is 3.17. The molecule has 2 heterocycles. The van der Waals surface area contributed by atoms with Gasteiger partial charge in [-0.05, 0) is 36.4 Å². The third-order valence-electron chi connectivity index (χ3n) is 3.56. The fourth-order valence-corrected chi connectivity index (χ4v) is 4.13. The van der Waals surface area contributed by atoms with Gasteiger partial charge in [0.25, 0.3) is 0 Å². The van der Waals surface area contributed by atoms with Crippen LogP contribution in [0.1, 0.15) is 29.2 Å². The minimum absolute atomic E-state index is 0.363. The number of thioether (sulfide) groups is 1.